The number of benzene rings is 1. The first-order valence-electron chi connectivity index (χ1n) is 6.62. The number of hydrogen-bond donors (Lipinski definition) is 3. The molecule has 1 aromatic rings. The Bertz CT molecular complexity index is 517. The highest BCUT2D eigenvalue weighted by atomic mass is 16.5. The first kappa shape index (κ1) is 16.6. The lowest BCUT2D eigenvalue weighted by Gasteiger charge is -2.07. The van der Waals surface area contributed by atoms with Crippen molar-refractivity contribution in [1.29, 1.82) is 0 Å². The summed E-state index contributed by atoms with van der Waals surface area (Å²) in [5.41, 5.74) is 6.00. The minimum Gasteiger partial charge on any atom is -0.398 e. The van der Waals surface area contributed by atoms with Gasteiger partial charge in [-0.3, -0.25) is 19.7 Å². The van der Waals surface area contributed by atoms with Gasteiger partial charge in [0.25, 0.3) is 5.91 Å². The number of imide groups is 1. The van der Waals surface area contributed by atoms with Crippen LogP contribution >= 0.6 is 0 Å². The van der Waals surface area contributed by atoms with Crippen molar-refractivity contribution in [2.45, 2.75) is 13.3 Å². The van der Waals surface area contributed by atoms with Crippen LogP contribution in [0.5, 0.6) is 0 Å². The molecule has 3 amide bonds. The number of carbonyl (C=O) groups is 3. The lowest BCUT2D eigenvalue weighted by Crippen LogP contribution is -2.43. The normalized spacial score (nSPS) is 9.95. The lowest BCUT2D eigenvalue weighted by atomic mass is 10.1. The first-order chi connectivity index (χ1) is 10.1. The van der Waals surface area contributed by atoms with E-state index in [4.69, 9.17) is 10.5 Å². The molecule has 7 heteroatoms. The zero-order valence-electron chi connectivity index (χ0n) is 11.8. The molecular weight excluding hydrogens is 274 g/mol. The van der Waals surface area contributed by atoms with Gasteiger partial charge in [-0.05, 0) is 25.5 Å². The summed E-state index contributed by atoms with van der Waals surface area (Å²) in [6.07, 6.45) is 0.590. The predicted molar refractivity (Wildman–Crippen MR) is 77.4 cm³/mol. The van der Waals surface area contributed by atoms with Crippen molar-refractivity contribution in [3.05, 3.63) is 29.8 Å². The molecular formula is C14H19N3O4. The molecule has 0 atom stereocenters. The Morgan fingerprint density at radius 1 is 1.19 bits per heavy atom. The number of hydrogen-bond acceptors (Lipinski definition) is 5. The van der Waals surface area contributed by atoms with Crippen molar-refractivity contribution in [2.75, 3.05) is 25.5 Å². The number of nitrogens with one attached hydrogen (secondary N) is 2. The second-order valence-electron chi connectivity index (χ2n) is 4.18. The van der Waals surface area contributed by atoms with Crippen LogP contribution in [0.2, 0.25) is 0 Å². The monoisotopic (exact) mass is 293 g/mol. The fourth-order valence-electron chi connectivity index (χ4n) is 1.53. The van der Waals surface area contributed by atoms with Gasteiger partial charge in [0.1, 0.15) is 0 Å². The van der Waals surface area contributed by atoms with E-state index in [1.807, 2.05) is 12.2 Å². The average Bonchev–Trinajstić information content (AvgIpc) is 2.47. The Morgan fingerprint density at radius 2 is 1.90 bits per heavy atom. The van der Waals surface area contributed by atoms with Crippen LogP contribution in [0.1, 0.15) is 23.7 Å². The molecule has 1 rings (SSSR count). The van der Waals surface area contributed by atoms with E-state index in [1.165, 1.54) is 12.1 Å². The highest BCUT2D eigenvalue weighted by molar-refractivity contribution is 6.38. The summed E-state index contributed by atoms with van der Waals surface area (Å²) < 4.78 is 5.09. The van der Waals surface area contributed by atoms with E-state index in [0.717, 1.165) is 0 Å². The van der Waals surface area contributed by atoms with Crippen LogP contribution in [-0.2, 0) is 14.3 Å². The molecule has 4 N–H and O–H groups in total. The second-order valence-corrected chi connectivity index (χ2v) is 4.18. The number of nitrogen functional groups attached to an aromatic ring is 1. The maximum Gasteiger partial charge on any atom is 0.316 e. The van der Waals surface area contributed by atoms with Crippen molar-refractivity contribution in [3.8, 4) is 0 Å². The molecule has 0 spiro atoms. The molecule has 114 valence electrons. The Balaban J connectivity index is 2.40. The maximum atomic E-state index is 11.8. The summed E-state index contributed by atoms with van der Waals surface area (Å²) >= 11 is 0. The van der Waals surface area contributed by atoms with Gasteiger partial charge < -0.3 is 15.8 Å². The van der Waals surface area contributed by atoms with Crippen LogP contribution in [0.15, 0.2) is 24.3 Å². The number of amides is 3. The summed E-state index contributed by atoms with van der Waals surface area (Å²) in [5.74, 6) is -2.59. The molecule has 0 bridgehead atoms. The van der Waals surface area contributed by atoms with Crippen LogP contribution in [-0.4, -0.2) is 37.5 Å². The van der Waals surface area contributed by atoms with Crippen LogP contribution in [0.3, 0.4) is 0 Å². The van der Waals surface area contributed by atoms with Gasteiger partial charge in [0.05, 0.1) is 5.56 Å². The largest absolute Gasteiger partial charge is 0.398 e. The smallest absolute Gasteiger partial charge is 0.316 e. The van der Waals surface area contributed by atoms with E-state index < -0.39 is 17.7 Å². The van der Waals surface area contributed by atoms with E-state index in [1.54, 1.807) is 12.1 Å². The minimum atomic E-state index is -1.01. The molecule has 0 saturated carbocycles. The van der Waals surface area contributed by atoms with Gasteiger partial charge >= 0.3 is 11.8 Å². The van der Waals surface area contributed by atoms with Crippen molar-refractivity contribution in [3.63, 3.8) is 0 Å². The van der Waals surface area contributed by atoms with Crippen molar-refractivity contribution >= 4 is 23.4 Å². The van der Waals surface area contributed by atoms with Gasteiger partial charge in [-0.1, -0.05) is 12.1 Å². The maximum absolute atomic E-state index is 11.8. The number of ether oxygens (including phenoxy) is 1. The van der Waals surface area contributed by atoms with E-state index >= 15 is 0 Å². The second kappa shape index (κ2) is 8.70. The molecule has 0 aromatic heterocycles. The fourth-order valence-corrected chi connectivity index (χ4v) is 1.53. The van der Waals surface area contributed by atoms with Crippen LogP contribution in [0, 0.1) is 0 Å². The number of rotatable bonds is 6. The number of para-hydroxylation sites is 1. The first-order valence-corrected chi connectivity index (χ1v) is 6.62. The number of anilines is 1. The van der Waals surface area contributed by atoms with Crippen molar-refractivity contribution in [1.82, 2.24) is 10.6 Å². The molecule has 0 aliphatic rings. The van der Waals surface area contributed by atoms with Crippen molar-refractivity contribution < 1.29 is 19.1 Å². The van der Waals surface area contributed by atoms with Gasteiger partial charge in [0.15, 0.2) is 0 Å². The molecule has 21 heavy (non-hydrogen) atoms. The van der Waals surface area contributed by atoms with Gasteiger partial charge in [-0.25, -0.2) is 0 Å². The van der Waals surface area contributed by atoms with E-state index in [9.17, 15) is 14.4 Å². The van der Waals surface area contributed by atoms with Crippen LogP contribution in [0.25, 0.3) is 0 Å². The molecule has 0 unspecified atom stereocenters. The fraction of sp³-hybridized carbons (Fsp3) is 0.357. The lowest BCUT2D eigenvalue weighted by molar-refractivity contribution is -0.138. The van der Waals surface area contributed by atoms with E-state index in [0.29, 0.717) is 26.2 Å². The van der Waals surface area contributed by atoms with E-state index in [-0.39, 0.29) is 11.3 Å². The Labute approximate surface area is 122 Å². The third-order valence-electron chi connectivity index (χ3n) is 2.59. The average molecular weight is 293 g/mol. The Hall–Kier alpha value is -2.41. The summed E-state index contributed by atoms with van der Waals surface area (Å²) in [5, 5.41) is 4.39. The molecule has 0 aliphatic heterocycles. The van der Waals surface area contributed by atoms with Crippen molar-refractivity contribution in [2.24, 2.45) is 0 Å². The molecule has 0 aliphatic carbocycles. The topological polar surface area (TPSA) is 111 Å². The molecule has 0 fully saturated rings. The highest BCUT2D eigenvalue weighted by Gasteiger charge is 2.18. The summed E-state index contributed by atoms with van der Waals surface area (Å²) in [6.45, 7) is 3.26. The molecule has 7 nitrogen and oxygen atoms in total. The molecule has 1 aromatic carbocycles. The highest BCUT2D eigenvalue weighted by Crippen LogP contribution is 2.09. The third-order valence-corrected chi connectivity index (χ3v) is 2.59. The Morgan fingerprint density at radius 3 is 2.57 bits per heavy atom. The number of carbonyl (C=O) groups excluding carboxylic acids is 3. The standard InChI is InChI=1S/C14H19N3O4/c1-2-21-9-5-8-16-13(19)14(20)17-12(18)10-6-3-4-7-11(10)15/h3-4,6-7H,2,5,8-9,15H2,1H3,(H,16,19)(H,17,18,20). The predicted octanol–water partition coefficient (Wildman–Crippen LogP) is 0.0680. The minimum absolute atomic E-state index is 0.148. The summed E-state index contributed by atoms with van der Waals surface area (Å²) in [7, 11) is 0. The van der Waals surface area contributed by atoms with Gasteiger partial charge in [0.2, 0.25) is 0 Å². The number of nitrogens with two attached hydrogens (primary N) is 1. The molecule has 0 saturated heterocycles. The van der Waals surface area contributed by atoms with Gasteiger partial charge in [-0.2, -0.15) is 0 Å². The zero-order chi connectivity index (χ0) is 15.7. The quantitative estimate of drug-likeness (QED) is 0.390. The van der Waals surface area contributed by atoms with E-state index in [2.05, 4.69) is 5.32 Å². The zero-order valence-corrected chi connectivity index (χ0v) is 11.8. The molecule has 0 radical (unpaired) electrons. The van der Waals surface area contributed by atoms with Crippen LogP contribution in [0.4, 0.5) is 5.69 Å². The third kappa shape index (κ3) is 5.62. The molecule has 0 heterocycles. The summed E-state index contributed by atoms with van der Waals surface area (Å²) in [4.78, 5) is 34.8. The van der Waals surface area contributed by atoms with Crippen LogP contribution < -0.4 is 16.4 Å². The summed E-state index contributed by atoms with van der Waals surface area (Å²) in [6, 6.07) is 6.29. The van der Waals surface area contributed by atoms with Gasteiger partial charge in [-0.15, -0.1) is 0 Å². The SMILES string of the molecule is CCOCCCNC(=O)C(=O)NC(=O)c1ccccc1N. The van der Waals surface area contributed by atoms with Gasteiger partial charge in [0, 0.05) is 25.4 Å². The Kier molecular flexibility index (Phi) is 6.90.